The molecule has 0 aromatic carbocycles. The van der Waals surface area contributed by atoms with Crippen LogP contribution in [0.4, 0.5) is 5.82 Å². The van der Waals surface area contributed by atoms with Gasteiger partial charge in [0.2, 0.25) is 0 Å². The summed E-state index contributed by atoms with van der Waals surface area (Å²) in [4.78, 5) is 21.8. The summed E-state index contributed by atoms with van der Waals surface area (Å²) in [7, 11) is 1.73. The Morgan fingerprint density at radius 1 is 1.43 bits per heavy atom. The average molecular weight is 325 g/mol. The van der Waals surface area contributed by atoms with Crippen molar-refractivity contribution in [3.63, 3.8) is 0 Å². The highest BCUT2D eigenvalue weighted by Gasteiger charge is 2.15. The van der Waals surface area contributed by atoms with Gasteiger partial charge in [0.1, 0.15) is 10.8 Å². The van der Waals surface area contributed by atoms with E-state index in [1.165, 1.54) is 11.1 Å². The molecule has 1 atom stereocenters. The number of aryl methyl sites for hydroxylation is 1. The Hall–Kier alpha value is -1.66. The van der Waals surface area contributed by atoms with Gasteiger partial charge in [-0.15, -0.1) is 11.3 Å². The number of carbonyl (C=O) groups excluding carboxylic acids is 1. The summed E-state index contributed by atoms with van der Waals surface area (Å²) < 4.78 is 0. The topological polar surface area (TPSA) is 66.9 Å². The number of aromatic nitrogens is 2. The maximum atomic E-state index is 12.2. The average Bonchev–Trinajstić information content (AvgIpc) is 2.96. The Balaban J connectivity index is 2.08. The van der Waals surface area contributed by atoms with Gasteiger partial charge in [-0.1, -0.05) is 18.5 Å². The third-order valence-corrected chi connectivity index (χ3v) is 4.59. The number of pyridine rings is 1. The van der Waals surface area contributed by atoms with Gasteiger partial charge >= 0.3 is 0 Å². The highest BCUT2D eigenvalue weighted by Crippen LogP contribution is 2.22. The number of hydrogen-bond donors (Lipinski definition) is 2. The number of carbonyl (C=O) groups is 1. The molecule has 5 nitrogen and oxygen atoms in total. The number of thiazole rings is 1. The first-order valence-electron chi connectivity index (χ1n) is 6.64. The van der Waals surface area contributed by atoms with Gasteiger partial charge in [-0.25, -0.2) is 9.97 Å². The summed E-state index contributed by atoms with van der Waals surface area (Å²) in [6.07, 6.45) is 4.30. The van der Waals surface area contributed by atoms with E-state index >= 15 is 0 Å². The molecule has 0 bridgehead atoms. The summed E-state index contributed by atoms with van der Waals surface area (Å²) in [6, 6.07) is 1.45. The van der Waals surface area contributed by atoms with E-state index in [0.29, 0.717) is 16.4 Å². The van der Waals surface area contributed by atoms with Gasteiger partial charge in [-0.3, -0.25) is 4.79 Å². The molecule has 2 N–H and O–H groups in total. The predicted molar refractivity (Wildman–Crippen MR) is 86.2 cm³/mol. The van der Waals surface area contributed by atoms with Crippen molar-refractivity contribution in [2.45, 2.75) is 26.3 Å². The van der Waals surface area contributed by atoms with E-state index in [2.05, 4.69) is 27.5 Å². The minimum Gasteiger partial charge on any atom is -0.372 e. The van der Waals surface area contributed by atoms with Gasteiger partial charge < -0.3 is 10.6 Å². The first-order chi connectivity index (χ1) is 10.0. The molecule has 7 heteroatoms. The smallest absolute Gasteiger partial charge is 0.253 e. The maximum Gasteiger partial charge on any atom is 0.253 e. The molecule has 1 unspecified atom stereocenters. The summed E-state index contributed by atoms with van der Waals surface area (Å²) in [5.41, 5.74) is 0.429. The Labute approximate surface area is 132 Å². The standard InChI is InChI=1S/C14H17ClN4OS/c1-4-10-7-18-14(21-10)8(2)19-13(20)9-5-11(15)12(16-3)17-6-9/h5-8H,4H2,1-3H3,(H,16,17)(H,19,20). The van der Waals surface area contributed by atoms with Crippen molar-refractivity contribution < 1.29 is 4.79 Å². The highest BCUT2D eigenvalue weighted by atomic mass is 35.5. The lowest BCUT2D eigenvalue weighted by atomic mass is 10.2. The maximum absolute atomic E-state index is 12.2. The Morgan fingerprint density at radius 3 is 2.76 bits per heavy atom. The van der Waals surface area contributed by atoms with Gasteiger partial charge in [0, 0.05) is 24.3 Å². The Morgan fingerprint density at radius 2 is 2.19 bits per heavy atom. The van der Waals surface area contributed by atoms with E-state index in [1.54, 1.807) is 24.5 Å². The zero-order valence-corrected chi connectivity index (χ0v) is 13.7. The predicted octanol–water partition coefficient (Wildman–Crippen LogP) is 3.29. The van der Waals surface area contributed by atoms with E-state index < -0.39 is 0 Å². The summed E-state index contributed by atoms with van der Waals surface area (Å²) in [6.45, 7) is 3.99. The summed E-state index contributed by atoms with van der Waals surface area (Å²) in [5, 5.41) is 7.07. The van der Waals surface area contributed by atoms with Crippen LogP contribution in [-0.4, -0.2) is 22.9 Å². The summed E-state index contributed by atoms with van der Waals surface area (Å²) in [5.74, 6) is 0.335. The van der Waals surface area contributed by atoms with Crippen molar-refractivity contribution in [2.75, 3.05) is 12.4 Å². The molecular formula is C14H17ClN4OS. The molecule has 2 heterocycles. The third kappa shape index (κ3) is 3.71. The molecule has 0 saturated heterocycles. The normalized spacial score (nSPS) is 12.0. The van der Waals surface area contributed by atoms with Gasteiger partial charge in [-0.2, -0.15) is 0 Å². The Bertz CT molecular complexity index is 644. The molecule has 112 valence electrons. The SMILES string of the molecule is CCc1cnc(C(C)NC(=O)c2cnc(NC)c(Cl)c2)s1. The lowest BCUT2D eigenvalue weighted by molar-refractivity contribution is 0.0939. The Kier molecular flexibility index (Phi) is 5.14. The van der Waals surface area contributed by atoms with E-state index in [9.17, 15) is 4.79 Å². The second kappa shape index (κ2) is 6.87. The molecule has 1 amide bonds. The number of rotatable bonds is 5. The minimum absolute atomic E-state index is 0.148. The summed E-state index contributed by atoms with van der Waals surface area (Å²) >= 11 is 7.64. The second-order valence-corrected chi connectivity index (χ2v) is 6.07. The van der Waals surface area contributed by atoms with Crippen LogP contribution >= 0.6 is 22.9 Å². The zero-order valence-electron chi connectivity index (χ0n) is 12.1. The van der Waals surface area contributed by atoms with Crippen LogP contribution in [0, 0.1) is 0 Å². The van der Waals surface area contributed by atoms with E-state index in [4.69, 9.17) is 11.6 Å². The fraction of sp³-hybridized carbons (Fsp3) is 0.357. The number of amides is 1. The van der Waals surface area contributed by atoms with Crippen molar-refractivity contribution in [3.8, 4) is 0 Å². The number of nitrogens with zero attached hydrogens (tertiary/aromatic N) is 2. The quantitative estimate of drug-likeness (QED) is 0.885. The highest BCUT2D eigenvalue weighted by molar-refractivity contribution is 7.11. The zero-order chi connectivity index (χ0) is 15.4. The van der Waals surface area contributed by atoms with Crippen LogP contribution in [0.15, 0.2) is 18.5 Å². The van der Waals surface area contributed by atoms with Crippen molar-refractivity contribution in [2.24, 2.45) is 0 Å². The molecule has 2 aromatic rings. The number of nitrogens with one attached hydrogen (secondary N) is 2. The molecule has 0 aliphatic carbocycles. The van der Waals surface area contributed by atoms with Gasteiger partial charge in [0.05, 0.1) is 16.6 Å². The molecule has 2 aromatic heterocycles. The molecule has 0 saturated carbocycles. The van der Waals surface area contributed by atoms with Crippen LogP contribution in [-0.2, 0) is 6.42 Å². The van der Waals surface area contributed by atoms with Crippen molar-refractivity contribution >= 4 is 34.7 Å². The molecule has 21 heavy (non-hydrogen) atoms. The van der Waals surface area contributed by atoms with Crippen LogP contribution in [0.25, 0.3) is 0 Å². The van der Waals surface area contributed by atoms with Crippen molar-refractivity contribution in [1.82, 2.24) is 15.3 Å². The fourth-order valence-electron chi connectivity index (χ4n) is 1.77. The number of halogens is 1. The minimum atomic E-state index is -0.215. The molecule has 0 fully saturated rings. The van der Waals surface area contributed by atoms with E-state index in [1.807, 2.05) is 13.1 Å². The van der Waals surface area contributed by atoms with Crippen LogP contribution < -0.4 is 10.6 Å². The monoisotopic (exact) mass is 324 g/mol. The lowest BCUT2D eigenvalue weighted by Crippen LogP contribution is -2.26. The van der Waals surface area contributed by atoms with Gasteiger partial charge in [0.15, 0.2) is 0 Å². The lowest BCUT2D eigenvalue weighted by Gasteiger charge is -2.12. The number of anilines is 1. The molecular weight excluding hydrogens is 308 g/mol. The van der Waals surface area contributed by atoms with Gasteiger partial charge in [-0.05, 0) is 19.4 Å². The van der Waals surface area contributed by atoms with Gasteiger partial charge in [0.25, 0.3) is 5.91 Å². The van der Waals surface area contributed by atoms with E-state index in [-0.39, 0.29) is 11.9 Å². The fourth-order valence-corrected chi connectivity index (χ4v) is 2.89. The van der Waals surface area contributed by atoms with Crippen LogP contribution in [0.3, 0.4) is 0 Å². The second-order valence-electron chi connectivity index (χ2n) is 4.52. The largest absolute Gasteiger partial charge is 0.372 e. The first-order valence-corrected chi connectivity index (χ1v) is 7.83. The van der Waals surface area contributed by atoms with Crippen LogP contribution in [0.1, 0.15) is 40.1 Å². The molecule has 0 aliphatic rings. The van der Waals surface area contributed by atoms with E-state index in [0.717, 1.165) is 11.4 Å². The van der Waals surface area contributed by atoms with Crippen LogP contribution in [0.2, 0.25) is 5.02 Å². The molecule has 0 radical (unpaired) electrons. The molecule has 2 rings (SSSR count). The van der Waals surface area contributed by atoms with Crippen molar-refractivity contribution in [1.29, 1.82) is 0 Å². The van der Waals surface area contributed by atoms with Crippen LogP contribution in [0.5, 0.6) is 0 Å². The molecule has 0 aliphatic heterocycles. The number of hydrogen-bond acceptors (Lipinski definition) is 5. The first kappa shape index (κ1) is 15.7. The third-order valence-electron chi connectivity index (χ3n) is 2.98. The van der Waals surface area contributed by atoms with Crippen molar-refractivity contribution in [3.05, 3.63) is 38.9 Å². The molecule has 0 spiro atoms.